The molecule has 0 amide bonds. The van der Waals surface area contributed by atoms with Crippen molar-refractivity contribution in [1.29, 1.82) is 0 Å². The Kier molecular flexibility index (Phi) is 6.92. The zero-order valence-corrected chi connectivity index (χ0v) is 11.5. The first kappa shape index (κ1) is 15.5. The lowest BCUT2D eigenvalue weighted by Crippen LogP contribution is -2.27. The molecule has 1 atom stereocenters. The number of benzene rings is 1. The van der Waals surface area contributed by atoms with Crippen molar-refractivity contribution in [2.24, 2.45) is 5.73 Å². The Labute approximate surface area is 114 Å². The van der Waals surface area contributed by atoms with Gasteiger partial charge in [-0.25, -0.2) is 4.79 Å². The van der Waals surface area contributed by atoms with Gasteiger partial charge in [-0.3, -0.25) is 0 Å². The van der Waals surface area contributed by atoms with Crippen LogP contribution in [0, 0.1) is 0 Å². The lowest BCUT2D eigenvalue weighted by molar-refractivity contribution is 0.0601. The van der Waals surface area contributed by atoms with Gasteiger partial charge in [-0.05, 0) is 31.5 Å². The van der Waals surface area contributed by atoms with Crippen molar-refractivity contribution in [2.75, 3.05) is 32.7 Å². The molecule has 1 rings (SSSR count). The maximum Gasteiger partial charge on any atom is 0.339 e. The summed E-state index contributed by atoms with van der Waals surface area (Å²) in [6, 6.07) is 7.40. The van der Waals surface area contributed by atoms with Gasteiger partial charge in [0.25, 0.3) is 0 Å². The number of hydrogen-bond acceptors (Lipinski definition) is 5. The normalized spacial score (nSPS) is 11.9. The van der Waals surface area contributed by atoms with Gasteiger partial charge in [-0.1, -0.05) is 12.1 Å². The minimum Gasteiger partial charge on any atom is -0.465 e. The van der Waals surface area contributed by atoms with Crippen molar-refractivity contribution < 1.29 is 14.3 Å². The molecule has 0 bridgehead atoms. The van der Waals surface area contributed by atoms with Gasteiger partial charge in [0.05, 0.1) is 19.3 Å². The molecule has 3 N–H and O–H groups in total. The molecular formula is C14H22N2O3. The molecule has 1 aromatic carbocycles. The summed E-state index contributed by atoms with van der Waals surface area (Å²) in [6.07, 6.45) is 1.79. The summed E-state index contributed by atoms with van der Waals surface area (Å²) >= 11 is 0. The Bertz CT molecular complexity index is 396. The molecular weight excluding hydrogens is 244 g/mol. The highest BCUT2D eigenvalue weighted by Crippen LogP contribution is 2.18. The predicted molar refractivity (Wildman–Crippen MR) is 75.4 cm³/mol. The van der Waals surface area contributed by atoms with E-state index in [1.165, 1.54) is 7.11 Å². The zero-order valence-electron chi connectivity index (χ0n) is 11.5. The van der Waals surface area contributed by atoms with E-state index in [1.807, 2.05) is 18.2 Å². The molecule has 0 saturated heterocycles. The van der Waals surface area contributed by atoms with E-state index >= 15 is 0 Å². The van der Waals surface area contributed by atoms with Crippen LogP contribution in [0.25, 0.3) is 0 Å². The smallest absolute Gasteiger partial charge is 0.339 e. The highest BCUT2D eigenvalue weighted by Gasteiger charge is 2.14. The molecule has 5 nitrogen and oxygen atoms in total. The molecule has 0 aliphatic carbocycles. The van der Waals surface area contributed by atoms with Crippen LogP contribution in [0.2, 0.25) is 0 Å². The second-order valence-corrected chi connectivity index (χ2v) is 4.26. The van der Waals surface area contributed by atoms with Crippen molar-refractivity contribution in [1.82, 2.24) is 0 Å². The van der Waals surface area contributed by atoms with E-state index in [1.54, 1.807) is 13.2 Å². The van der Waals surface area contributed by atoms with E-state index in [-0.39, 0.29) is 12.0 Å². The monoisotopic (exact) mass is 266 g/mol. The number of carbonyl (C=O) groups excluding carboxylic acids is 1. The highest BCUT2D eigenvalue weighted by atomic mass is 16.5. The fourth-order valence-electron chi connectivity index (χ4n) is 1.88. The number of anilines is 1. The third-order valence-corrected chi connectivity index (χ3v) is 2.82. The van der Waals surface area contributed by atoms with E-state index in [9.17, 15) is 4.79 Å². The number of esters is 1. The number of hydrogen-bond donors (Lipinski definition) is 2. The number of para-hydroxylation sites is 1. The third-order valence-electron chi connectivity index (χ3n) is 2.82. The lowest BCUT2D eigenvalue weighted by Gasteiger charge is -2.20. The summed E-state index contributed by atoms with van der Waals surface area (Å²) < 4.78 is 9.95. The molecule has 0 heterocycles. The number of carbonyl (C=O) groups is 1. The number of nitrogens with one attached hydrogen (secondary N) is 1. The van der Waals surface area contributed by atoms with Gasteiger partial charge in [-0.15, -0.1) is 0 Å². The second kappa shape index (κ2) is 8.50. The van der Waals surface area contributed by atoms with E-state index in [0.29, 0.717) is 18.7 Å². The van der Waals surface area contributed by atoms with Gasteiger partial charge in [0.1, 0.15) is 0 Å². The first-order valence-electron chi connectivity index (χ1n) is 6.35. The summed E-state index contributed by atoms with van der Waals surface area (Å²) in [5.74, 6) is -0.349. The number of rotatable bonds is 8. The molecule has 0 saturated carbocycles. The van der Waals surface area contributed by atoms with Crippen LogP contribution in [0.3, 0.4) is 0 Å². The first-order chi connectivity index (χ1) is 9.22. The van der Waals surface area contributed by atoms with Crippen LogP contribution in [0.1, 0.15) is 23.2 Å². The standard InChI is InChI=1S/C14H22N2O3/c1-18-10-11(6-5-9-15)16-13-8-4-3-7-12(13)14(17)19-2/h3-4,7-8,11,16H,5-6,9-10,15H2,1-2H3. The average Bonchev–Trinajstić information content (AvgIpc) is 2.44. The molecule has 5 heteroatoms. The number of ether oxygens (including phenoxy) is 2. The molecule has 0 aliphatic rings. The SMILES string of the molecule is COCC(CCCN)Nc1ccccc1C(=O)OC. The van der Waals surface area contributed by atoms with Gasteiger partial charge in [0.2, 0.25) is 0 Å². The molecule has 19 heavy (non-hydrogen) atoms. The topological polar surface area (TPSA) is 73.6 Å². The van der Waals surface area contributed by atoms with E-state index in [4.69, 9.17) is 15.2 Å². The van der Waals surface area contributed by atoms with Crippen molar-refractivity contribution >= 4 is 11.7 Å². The van der Waals surface area contributed by atoms with E-state index < -0.39 is 0 Å². The third kappa shape index (κ3) is 4.89. The van der Waals surface area contributed by atoms with Gasteiger partial charge < -0.3 is 20.5 Å². The Balaban J connectivity index is 2.80. The van der Waals surface area contributed by atoms with Gasteiger partial charge >= 0.3 is 5.97 Å². The van der Waals surface area contributed by atoms with E-state index in [2.05, 4.69) is 5.32 Å². The Morgan fingerprint density at radius 1 is 1.37 bits per heavy atom. The molecule has 1 unspecified atom stereocenters. The molecule has 0 fully saturated rings. The lowest BCUT2D eigenvalue weighted by atomic mass is 10.1. The largest absolute Gasteiger partial charge is 0.465 e. The van der Waals surface area contributed by atoms with Gasteiger partial charge in [0.15, 0.2) is 0 Å². The predicted octanol–water partition coefficient (Wildman–Crippen LogP) is 1.64. The maximum atomic E-state index is 11.7. The minimum absolute atomic E-state index is 0.124. The Hall–Kier alpha value is -1.59. The average molecular weight is 266 g/mol. The van der Waals surface area contributed by atoms with Crippen LogP contribution in [0.5, 0.6) is 0 Å². The molecule has 0 aliphatic heterocycles. The van der Waals surface area contributed by atoms with Gasteiger partial charge in [-0.2, -0.15) is 0 Å². The fourth-order valence-corrected chi connectivity index (χ4v) is 1.88. The van der Waals surface area contributed by atoms with Crippen LogP contribution in [-0.4, -0.2) is 39.4 Å². The van der Waals surface area contributed by atoms with Crippen molar-refractivity contribution in [3.8, 4) is 0 Å². The van der Waals surface area contributed by atoms with Crippen molar-refractivity contribution in [3.63, 3.8) is 0 Å². The zero-order chi connectivity index (χ0) is 14.1. The van der Waals surface area contributed by atoms with Crippen molar-refractivity contribution in [2.45, 2.75) is 18.9 Å². The second-order valence-electron chi connectivity index (χ2n) is 4.26. The summed E-state index contributed by atoms with van der Waals surface area (Å²) in [5, 5.41) is 3.32. The first-order valence-corrected chi connectivity index (χ1v) is 6.35. The quantitative estimate of drug-likeness (QED) is 0.700. The van der Waals surface area contributed by atoms with Crippen LogP contribution in [-0.2, 0) is 9.47 Å². The summed E-state index contributed by atoms with van der Waals surface area (Å²) in [6.45, 7) is 1.20. The summed E-state index contributed by atoms with van der Waals surface area (Å²) in [7, 11) is 3.03. The van der Waals surface area contributed by atoms with Crippen LogP contribution in [0.4, 0.5) is 5.69 Å². The molecule has 0 radical (unpaired) electrons. The molecule has 0 spiro atoms. The van der Waals surface area contributed by atoms with Crippen LogP contribution in [0.15, 0.2) is 24.3 Å². The Morgan fingerprint density at radius 2 is 2.11 bits per heavy atom. The molecule has 0 aromatic heterocycles. The number of methoxy groups -OCH3 is 2. The van der Waals surface area contributed by atoms with Gasteiger partial charge in [0, 0.05) is 18.8 Å². The van der Waals surface area contributed by atoms with Crippen molar-refractivity contribution in [3.05, 3.63) is 29.8 Å². The number of nitrogens with two attached hydrogens (primary N) is 1. The molecule has 106 valence electrons. The molecule has 1 aromatic rings. The maximum absolute atomic E-state index is 11.7. The van der Waals surface area contributed by atoms with E-state index in [0.717, 1.165) is 18.5 Å². The highest BCUT2D eigenvalue weighted by molar-refractivity contribution is 5.95. The van der Waals surface area contributed by atoms with Crippen LogP contribution < -0.4 is 11.1 Å². The summed E-state index contributed by atoms with van der Waals surface area (Å²) in [5.41, 5.74) is 6.81. The van der Waals surface area contributed by atoms with Crippen LogP contribution >= 0.6 is 0 Å². The fraction of sp³-hybridized carbons (Fsp3) is 0.500. The summed E-state index contributed by atoms with van der Waals surface area (Å²) in [4.78, 5) is 11.7. The Morgan fingerprint density at radius 3 is 2.74 bits per heavy atom. The minimum atomic E-state index is -0.349.